The molecule has 0 saturated heterocycles. The SMILES string of the molecule is COc1cc(-c2csc3c(-c4ccc(CO)o4)cnc(N)c23)ccc1NC(=O)c1cc2ccccc2n1C. The lowest BCUT2D eigenvalue weighted by Crippen LogP contribution is -2.16. The molecule has 0 saturated carbocycles. The van der Waals surface area contributed by atoms with Gasteiger partial charge in [-0.3, -0.25) is 4.79 Å². The van der Waals surface area contributed by atoms with Gasteiger partial charge in [0.1, 0.15) is 35.4 Å². The van der Waals surface area contributed by atoms with Crippen LogP contribution in [0, 0.1) is 0 Å². The van der Waals surface area contributed by atoms with Crippen LogP contribution < -0.4 is 15.8 Å². The minimum atomic E-state index is -0.227. The molecule has 4 heterocycles. The first-order valence-corrected chi connectivity index (χ1v) is 12.8. The van der Waals surface area contributed by atoms with E-state index in [2.05, 4.69) is 10.3 Å². The Morgan fingerprint density at radius 2 is 2.00 bits per heavy atom. The Balaban J connectivity index is 1.36. The molecule has 2 aromatic carbocycles. The van der Waals surface area contributed by atoms with E-state index in [4.69, 9.17) is 14.9 Å². The number of methoxy groups -OCH3 is 1. The second-order valence-electron chi connectivity index (χ2n) is 8.85. The van der Waals surface area contributed by atoms with Gasteiger partial charge >= 0.3 is 0 Å². The lowest BCUT2D eigenvalue weighted by atomic mass is 10.0. The largest absolute Gasteiger partial charge is 0.495 e. The maximum atomic E-state index is 13.2. The number of ether oxygens (including phenoxy) is 1. The van der Waals surface area contributed by atoms with Crippen molar-refractivity contribution < 1.29 is 19.1 Å². The number of nitrogens with one attached hydrogen (secondary N) is 1. The number of nitrogen functional groups attached to an aromatic ring is 1. The highest BCUT2D eigenvalue weighted by atomic mass is 32.1. The molecule has 190 valence electrons. The van der Waals surface area contributed by atoms with Crippen LogP contribution >= 0.6 is 11.3 Å². The van der Waals surface area contributed by atoms with Gasteiger partial charge in [0.05, 0.1) is 23.1 Å². The van der Waals surface area contributed by atoms with E-state index < -0.39 is 0 Å². The second kappa shape index (κ2) is 9.37. The van der Waals surface area contributed by atoms with Crippen LogP contribution in [0.25, 0.3) is 43.4 Å². The number of aromatic nitrogens is 2. The summed E-state index contributed by atoms with van der Waals surface area (Å²) in [5, 5.41) is 16.2. The number of anilines is 2. The van der Waals surface area contributed by atoms with E-state index in [9.17, 15) is 9.90 Å². The normalized spacial score (nSPS) is 11.3. The standard InChI is InChI=1S/C29H24N4O4S/c1-33-22-6-4-3-5-17(22)11-23(33)29(35)32-21-9-7-16(12-25(21)36-2)20-15-38-27-19(13-31-28(30)26(20)27)24-10-8-18(14-34)37-24/h3-13,15,34H,14H2,1-2H3,(H2,30,31)(H,32,35). The molecule has 0 atom stereocenters. The summed E-state index contributed by atoms with van der Waals surface area (Å²) >= 11 is 1.53. The van der Waals surface area contributed by atoms with E-state index in [-0.39, 0.29) is 12.5 Å². The number of para-hydroxylation sites is 1. The number of nitrogens with two attached hydrogens (primary N) is 1. The Hall–Kier alpha value is -4.60. The predicted molar refractivity (Wildman–Crippen MR) is 151 cm³/mol. The number of aliphatic hydroxyl groups excluding tert-OH is 1. The highest BCUT2D eigenvalue weighted by molar-refractivity contribution is 7.18. The van der Waals surface area contributed by atoms with Crippen molar-refractivity contribution in [3.05, 3.63) is 83.7 Å². The molecule has 0 spiro atoms. The summed E-state index contributed by atoms with van der Waals surface area (Å²) in [5.74, 6) is 1.79. The third-order valence-electron chi connectivity index (χ3n) is 6.65. The van der Waals surface area contributed by atoms with E-state index >= 15 is 0 Å². The van der Waals surface area contributed by atoms with Crippen molar-refractivity contribution in [1.29, 1.82) is 0 Å². The molecule has 0 unspecified atom stereocenters. The van der Waals surface area contributed by atoms with E-state index in [1.165, 1.54) is 11.3 Å². The van der Waals surface area contributed by atoms with Crippen molar-refractivity contribution in [1.82, 2.24) is 9.55 Å². The lowest BCUT2D eigenvalue weighted by Gasteiger charge is -2.13. The Morgan fingerprint density at radius 1 is 1.16 bits per heavy atom. The average molecular weight is 525 g/mol. The first kappa shape index (κ1) is 23.8. The van der Waals surface area contributed by atoms with Crippen molar-refractivity contribution >= 4 is 49.7 Å². The van der Waals surface area contributed by atoms with Gasteiger partial charge in [-0.25, -0.2) is 4.98 Å². The van der Waals surface area contributed by atoms with Crippen molar-refractivity contribution in [2.24, 2.45) is 7.05 Å². The fraction of sp³-hybridized carbons (Fsp3) is 0.103. The molecule has 0 aliphatic rings. The quantitative estimate of drug-likeness (QED) is 0.244. The van der Waals surface area contributed by atoms with E-state index in [1.807, 2.05) is 71.6 Å². The fourth-order valence-corrected chi connectivity index (χ4v) is 5.82. The highest BCUT2D eigenvalue weighted by Crippen LogP contribution is 2.43. The number of aliphatic hydroxyl groups is 1. The molecular formula is C29H24N4O4S. The summed E-state index contributed by atoms with van der Waals surface area (Å²) in [6.07, 6.45) is 1.68. The van der Waals surface area contributed by atoms with Gasteiger partial charge in [0.15, 0.2) is 0 Å². The fourth-order valence-electron chi connectivity index (χ4n) is 4.72. The molecule has 0 fully saturated rings. The average Bonchev–Trinajstić information content (AvgIpc) is 3.67. The topological polar surface area (TPSA) is 116 Å². The number of carbonyl (C=O) groups is 1. The molecule has 6 aromatic rings. The van der Waals surface area contributed by atoms with E-state index in [1.54, 1.807) is 19.4 Å². The second-order valence-corrected chi connectivity index (χ2v) is 9.73. The first-order chi connectivity index (χ1) is 18.5. The number of benzene rings is 2. The van der Waals surface area contributed by atoms with Crippen LogP contribution in [0.4, 0.5) is 11.5 Å². The molecule has 1 amide bonds. The molecule has 4 aromatic heterocycles. The summed E-state index contributed by atoms with van der Waals surface area (Å²) in [6.45, 7) is -0.176. The molecule has 4 N–H and O–H groups in total. The number of fused-ring (bicyclic) bond motifs is 2. The third-order valence-corrected chi connectivity index (χ3v) is 7.67. The zero-order chi connectivity index (χ0) is 26.4. The summed E-state index contributed by atoms with van der Waals surface area (Å²) in [5.41, 5.74) is 11.0. The number of hydrogen-bond donors (Lipinski definition) is 3. The molecule has 9 heteroatoms. The molecule has 38 heavy (non-hydrogen) atoms. The van der Waals surface area contributed by atoms with Gasteiger partial charge in [-0.05, 0) is 47.3 Å². The number of hydrogen-bond acceptors (Lipinski definition) is 7. The smallest absolute Gasteiger partial charge is 0.272 e. The van der Waals surface area contributed by atoms with Crippen molar-refractivity contribution in [3.63, 3.8) is 0 Å². The van der Waals surface area contributed by atoms with Crippen LogP contribution in [0.3, 0.4) is 0 Å². The summed E-state index contributed by atoms with van der Waals surface area (Å²) < 4.78 is 14.2. The van der Waals surface area contributed by atoms with E-state index in [0.717, 1.165) is 37.7 Å². The van der Waals surface area contributed by atoms with Crippen LogP contribution in [0.15, 0.2) is 76.7 Å². The minimum absolute atomic E-state index is 0.176. The van der Waals surface area contributed by atoms with Crippen LogP contribution in [0.5, 0.6) is 5.75 Å². The third kappa shape index (κ3) is 3.89. The number of rotatable bonds is 6. The number of thiophene rings is 1. The predicted octanol–water partition coefficient (Wildman–Crippen LogP) is 6.05. The maximum Gasteiger partial charge on any atom is 0.272 e. The van der Waals surface area contributed by atoms with Crippen LogP contribution in [0.2, 0.25) is 0 Å². The van der Waals surface area contributed by atoms with Crippen LogP contribution in [-0.2, 0) is 13.7 Å². The molecule has 0 aliphatic heterocycles. The molecule has 6 rings (SSSR count). The molecule has 0 radical (unpaired) electrons. The highest BCUT2D eigenvalue weighted by Gasteiger charge is 2.19. The van der Waals surface area contributed by atoms with Crippen molar-refractivity contribution in [2.75, 3.05) is 18.2 Å². The molecule has 0 aliphatic carbocycles. The van der Waals surface area contributed by atoms with Gasteiger partial charge in [0, 0.05) is 35.1 Å². The molecular weight excluding hydrogens is 500 g/mol. The zero-order valence-electron chi connectivity index (χ0n) is 20.7. The number of aryl methyl sites for hydroxylation is 1. The van der Waals surface area contributed by atoms with Gasteiger partial charge in [0.2, 0.25) is 0 Å². The Labute approximate surface area is 221 Å². The van der Waals surface area contributed by atoms with Gasteiger partial charge < -0.3 is 29.9 Å². The lowest BCUT2D eigenvalue weighted by molar-refractivity contribution is 0.101. The van der Waals surface area contributed by atoms with Gasteiger partial charge in [-0.15, -0.1) is 11.3 Å². The Bertz CT molecular complexity index is 1830. The van der Waals surface area contributed by atoms with Gasteiger partial charge in [-0.2, -0.15) is 0 Å². The number of pyridine rings is 1. The molecule has 8 nitrogen and oxygen atoms in total. The number of amides is 1. The summed E-state index contributed by atoms with van der Waals surface area (Å²) in [7, 11) is 3.44. The molecule has 0 bridgehead atoms. The monoisotopic (exact) mass is 524 g/mol. The number of furan rings is 1. The Morgan fingerprint density at radius 3 is 2.76 bits per heavy atom. The van der Waals surface area contributed by atoms with E-state index in [0.29, 0.717) is 34.5 Å². The van der Waals surface area contributed by atoms with Gasteiger partial charge in [0.25, 0.3) is 5.91 Å². The van der Waals surface area contributed by atoms with Crippen LogP contribution in [-0.4, -0.2) is 27.7 Å². The maximum absolute atomic E-state index is 13.2. The van der Waals surface area contributed by atoms with Crippen LogP contribution in [0.1, 0.15) is 16.2 Å². The minimum Gasteiger partial charge on any atom is -0.495 e. The first-order valence-electron chi connectivity index (χ1n) is 11.9. The Kier molecular flexibility index (Phi) is 5.86. The summed E-state index contributed by atoms with van der Waals surface area (Å²) in [6, 6.07) is 18.9. The number of nitrogens with zero attached hydrogens (tertiary/aromatic N) is 2. The van der Waals surface area contributed by atoms with Crippen molar-refractivity contribution in [2.45, 2.75) is 6.61 Å². The van der Waals surface area contributed by atoms with Crippen molar-refractivity contribution in [3.8, 4) is 28.2 Å². The number of carbonyl (C=O) groups excluding carboxylic acids is 1. The van der Waals surface area contributed by atoms with Gasteiger partial charge in [-0.1, -0.05) is 24.3 Å². The summed E-state index contributed by atoms with van der Waals surface area (Å²) in [4.78, 5) is 17.6. The zero-order valence-corrected chi connectivity index (χ0v) is 21.5.